The molecule has 1 fully saturated rings. The van der Waals surface area contributed by atoms with Gasteiger partial charge in [0.05, 0.1) is 33.0 Å². The molecule has 1 aromatic carbocycles. The van der Waals surface area contributed by atoms with Gasteiger partial charge in [-0.3, -0.25) is 9.67 Å². The van der Waals surface area contributed by atoms with Gasteiger partial charge in [-0.25, -0.2) is 0 Å². The van der Waals surface area contributed by atoms with Crippen molar-refractivity contribution in [2.75, 3.05) is 59.4 Å². The van der Waals surface area contributed by atoms with Crippen LogP contribution in [0.2, 0.25) is 0 Å². The van der Waals surface area contributed by atoms with Crippen LogP contribution in [0.25, 0.3) is 0 Å². The smallest absolute Gasteiger partial charge is 0.191 e. The van der Waals surface area contributed by atoms with Gasteiger partial charge >= 0.3 is 0 Å². The highest BCUT2D eigenvalue weighted by molar-refractivity contribution is 14.0. The summed E-state index contributed by atoms with van der Waals surface area (Å²) in [6.07, 6.45) is 5.00. The van der Waals surface area contributed by atoms with E-state index in [1.165, 1.54) is 0 Å². The van der Waals surface area contributed by atoms with Crippen molar-refractivity contribution in [3.05, 3.63) is 36.2 Å². The van der Waals surface area contributed by atoms with Crippen molar-refractivity contribution < 1.29 is 9.47 Å². The maximum atomic E-state index is 5.43. The van der Waals surface area contributed by atoms with Crippen LogP contribution < -0.4 is 25.0 Å². The topological polar surface area (TPSA) is 79.2 Å². The van der Waals surface area contributed by atoms with Gasteiger partial charge in [0, 0.05) is 68.4 Å². The average Bonchev–Trinajstić information content (AvgIpc) is 3.42. The third-order valence-corrected chi connectivity index (χ3v) is 5.73. The monoisotopic (exact) mass is 571 g/mol. The van der Waals surface area contributed by atoms with Gasteiger partial charge in [-0.05, 0) is 27.4 Å². The van der Waals surface area contributed by atoms with E-state index in [1.54, 1.807) is 14.2 Å². The Bertz CT molecular complexity index is 880. The summed E-state index contributed by atoms with van der Waals surface area (Å²) in [6.45, 7) is 5.40. The molecule has 2 N–H and O–H groups in total. The number of aliphatic imine (C=N–C) groups is 1. The quantitative estimate of drug-likeness (QED) is 0.272. The van der Waals surface area contributed by atoms with Gasteiger partial charge in [-0.2, -0.15) is 5.10 Å². The lowest BCUT2D eigenvalue weighted by atomic mass is 10.1. The number of nitrogens with one attached hydrogen (secondary N) is 2. The second-order valence-corrected chi connectivity index (χ2v) is 8.29. The Morgan fingerprint density at radius 3 is 2.48 bits per heavy atom. The number of guanidine groups is 1. The summed E-state index contributed by atoms with van der Waals surface area (Å²) in [5.74, 6) is 2.45. The first-order valence-corrected chi connectivity index (χ1v) is 11.1. The highest BCUT2D eigenvalue weighted by Crippen LogP contribution is 2.30. The Hall–Kier alpha value is -2.21. The molecule has 1 aliphatic rings. The molecule has 1 saturated heterocycles. The van der Waals surface area contributed by atoms with E-state index in [4.69, 9.17) is 14.5 Å². The summed E-state index contributed by atoms with van der Waals surface area (Å²) in [7, 11) is 9.45. The number of hydrogen-bond donors (Lipinski definition) is 2. The van der Waals surface area contributed by atoms with E-state index in [0.717, 1.165) is 54.8 Å². The number of anilines is 1. The summed E-state index contributed by atoms with van der Waals surface area (Å²) >= 11 is 0. The molecule has 1 aliphatic heterocycles. The minimum atomic E-state index is 0. The number of benzene rings is 1. The predicted octanol–water partition coefficient (Wildman–Crippen LogP) is 2.49. The van der Waals surface area contributed by atoms with E-state index < -0.39 is 0 Å². The van der Waals surface area contributed by atoms with E-state index in [0.29, 0.717) is 12.6 Å². The lowest BCUT2D eigenvalue weighted by Gasteiger charge is -2.23. The van der Waals surface area contributed by atoms with Crippen LogP contribution >= 0.6 is 24.0 Å². The SMILES string of the molecule is CCNC(=NCC(c1cnn(C)c1)N(C)C)NC1CCN(c2cc(OC)cc(OC)c2)C1.I. The molecule has 9 nitrogen and oxygen atoms in total. The highest BCUT2D eigenvalue weighted by Gasteiger charge is 2.25. The Balaban J connectivity index is 0.00000385. The second kappa shape index (κ2) is 12.9. The Kier molecular flexibility index (Phi) is 10.6. The largest absolute Gasteiger partial charge is 0.497 e. The second-order valence-electron chi connectivity index (χ2n) is 8.29. The Labute approximate surface area is 214 Å². The molecule has 33 heavy (non-hydrogen) atoms. The molecule has 2 heterocycles. The first kappa shape index (κ1) is 27.0. The van der Waals surface area contributed by atoms with E-state index in [2.05, 4.69) is 64.9 Å². The molecule has 1 aromatic heterocycles. The first-order valence-electron chi connectivity index (χ1n) is 11.1. The summed E-state index contributed by atoms with van der Waals surface area (Å²) in [5.41, 5.74) is 2.27. The third kappa shape index (κ3) is 7.39. The molecule has 0 radical (unpaired) electrons. The van der Waals surface area contributed by atoms with Crippen LogP contribution in [0, 0.1) is 0 Å². The Morgan fingerprint density at radius 2 is 1.94 bits per heavy atom. The average molecular weight is 572 g/mol. The summed E-state index contributed by atoms with van der Waals surface area (Å²) in [5, 5.41) is 11.3. The fraction of sp³-hybridized carbons (Fsp3) is 0.565. The fourth-order valence-electron chi connectivity index (χ4n) is 3.96. The van der Waals surface area contributed by atoms with Crippen molar-refractivity contribution in [1.29, 1.82) is 0 Å². The van der Waals surface area contributed by atoms with Crippen LogP contribution in [0.1, 0.15) is 24.9 Å². The fourth-order valence-corrected chi connectivity index (χ4v) is 3.96. The molecular weight excluding hydrogens is 533 g/mol. The molecular formula is C23H38IN7O2. The minimum Gasteiger partial charge on any atom is -0.497 e. The maximum absolute atomic E-state index is 5.43. The molecule has 0 spiro atoms. The normalized spacial score (nSPS) is 17.0. The number of halogens is 1. The zero-order chi connectivity index (χ0) is 23.1. The summed E-state index contributed by atoms with van der Waals surface area (Å²) < 4.78 is 12.7. The Morgan fingerprint density at radius 1 is 1.24 bits per heavy atom. The number of hydrogen-bond acceptors (Lipinski definition) is 6. The number of aromatic nitrogens is 2. The molecule has 2 atom stereocenters. The summed E-state index contributed by atoms with van der Waals surface area (Å²) in [6, 6.07) is 6.48. The number of rotatable bonds is 9. The number of ether oxygens (including phenoxy) is 2. The van der Waals surface area contributed by atoms with Crippen molar-refractivity contribution >= 4 is 35.6 Å². The molecule has 0 amide bonds. The zero-order valence-corrected chi connectivity index (χ0v) is 22.9. The third-order valence-electron chi connectivity index (χ3n) is 5.73. The molecule has 10 heteroatoms. The molecule has 3 rings (SSSR count). The molecule has 2 unspecified atom stereocenters. The van der Waals surface area contributed by atoms with Crippen LogP contribution in [0.3, 0.4) is 0 Å². The van der Waals surface area contributed by atoms with Gasteiger partial charge in [0.15, 0.2) is 5.96 Å². The molecule has 0 bridgehead atoms. The van der Waals surface area contributed by atoms with Crippen LogP contribution in [0.15, 0.2) is 35.6 Å². The minimum absolute atomic E-state index is 0. The van der Waals surface area contributed by atoms with E-state index in [9.17, 15) is 0 Å². The van der Waals surface area contributed by atoms with Crippen molar-refractivity contribution in [3.63, 3.8) is 0 Å². The summed E-state index contributed by atoms with van der Waals surface area (Å²) in [4.78, 5) is 9.42. The lowest BCUT2D eigenvalue weighted by molar-refractivity contribution is 0.306. The highest BCUT2D eigenvalue weighted by atomic mass is 127. The van der Waals surface area contributed by atoms with E-state index >= 15 is 0 Å². The maximum Gasteiger partial charge on any atom is 0.191 e. The van der Waals surface area contributed by atoms with Crippen molar-refractivity contribution in [2.45, 2.75) is 25.4 Å². The molecule has 0 saturated carbocycles. The zero-order valence-electron chi connectivity index (χ0n) is 20.5. The number of aryl methyl sites for hydroxylation is 1. The van der Waals surface area contributed by atoms with E-state index in [-0.39, 0.29) is 30.0 Å². The van der Waals surface area contributed by atoms with Gasteiger partial charge in [0.1, 0.15) is 11.5 Å². The van der Waals surface area contributed by atoms with Crippen molar-refractivity contribution in [3.8, 4) is 11.5 Å². The van der Waals surface area contributed by atoms with Gasteiger partial charge in [0.2, 0.25) is 0 Å². The van der Waals surface area contributed by atoms with Crippen LogP contribution in [0.5, 0.6) is 11.5 Å². The van der Waals surface area contributed by atoms with E-state index in [1.807, 2.05) is 24.0 Å². The van der Waals surface area contributed by atoms with Crippen molar-refractivity contribution in [1.82, 2.24) is 25.3 Å². The van der Waals surface area contributed by atoms with Gasteiger partial charge in [0.25, 0.3) is 0 Å². The van der Waals surface area contributed by atoms with Gasteiger partial charge in [-0.1, -0.05) is 0 Å². The van der Waals surface area contributed by atoms with Gasteiger partial charge < -0.3 is 29.9 Å². The first-order chi connectivity index (χ1) is 15.4. The number of nitrogens with zero attached hydrogens (tertiary/aromatic N) is 5. The standard InChI is InChI=1S/C23H37N7O2.HI/c1-7-24-23(25-14-22(28(2)3)17-13-26-29(4)15-17)27-18-8-9-30(16-18)19-10-20(31-5)12-21(11-19)32-6;/h10-13,15,18,22H,7-9,14,16H2,1-6H3,(H2,24,25,27);1H. The number of methoxy groups -OCH3 is 2. The van der Waals surface area contributed by atoms with Crippen LogP contribution in [-0.4, -0.2) is 81.2 Å². The molecule has 184 valence electrons. The van der Waals surface area contributed by atoms with Gasteiger partial charge in [-0.15, -0.1) is 24.0 Å². The molecule has 0 aliphatic carbocycles. The van der Waals surface area contributed by atoms with Crippen LogP contribution in [0.4, 0.5) is 5.69 Å². The number of likely N-dealkylation sites (N-methyl/N-ethyl adjacent to an activating group) is 1. The lowest BCUT2D eigenvalue weighted by Crippen LogP contribution is -2.45. The predicted molar refractivity (Wildman–Crippen MR) is 144 cm³/mol. The van der Waals surface area contributed by atoms with Crippen molar-refractivity contribution in [2.24, 2.45) is 12.0 Å². The van der Waals surface area contributed by atoms with Crippen LogP contribution in [-0.2, 0) is 7.05 Å². The molecule has 2 aromatic rings.